The molecule has 1 heterocycles. The molecule has 1 aromatic rings. The van der Waals surface area contributed by atoms with Gasteiger partial charge in [0, 0.05) is 13.1 Å². The van der Waals surface area contributed by atoms with Crippen LogP contribution in [0.5, 0.6) is 0 Å². The highest BCUT2D eigenvalue weighted by Gasteiger charge is 2.26. The number of amides is 1. The number of rotatable bonds is 4. The lowest BCUT2D eigenvalue weighted by molar-refractivity contribution is -0.131. The van der Waals surface area contributed by atoms with Crippen LogP contribution in [0.4, 0.5) is 0 Å². The van der Waals surface area contributed by atoms with Gasteiger partial charge < -0.3 is 10.6 Å². The van der Waals surface area contributed by atoms with E-state index in [0.29, 0.717) is 5.92 Å². The van der Waals surface area contributed by atoms with Gasteiger partial charge in [-0.25, -0.2) is 0 Å². The Hall–Kier alpha value is -1.35. The third kappa shape index (κ3) is 3.33. The van der Waals surface area contributed by atoms with Crippen molar-refractivity contribution in [1.29, 1.82) is 0 Å². The third-order valence-corrected chi connectivity index (χ3v) is 3.64. The molecule has 0 bridgehead atoms. The minimum Gasteiger partial charge on any atom is -0.341 e. The summed E-state index contributed by atoms with van der Waals surface area (Å²) in [4.78, 5) is 14.0. The first-order valence-corrected chi connectivity index (χ1v) is 6.75. The Morgan fingerprint density at radius 2 is 2.17 bits per heavy atom. The number of hydrogen-bond acceptors (Lipinski definition) is 2. The van der Waals surface area contributed by atoms with Crippen LogP contribution in [0.3, 0.4) is 0 Å². The minimum atomic E-state index is -0.351. The maximum absolute atomic E-state index is 12.1. The van der Waals surface area contributed by atoms with Gasteiger partial charge >= 0.3 is 0 Å². The van der Waals surface area contributed by atoms with E-state index in [4.69, 9.17) is 5.73 Å². The van der Waals surface area contributed by atoms with Crippen molar-refractivity contribution < 1.29 is 4.79 Å². The Kier molecular flexibility index (Phi) is 4.37. The molecule has 1 fully saturated rings. The van der Waals surface area contributed by atoms with Crippen molar-refractivity contribution in [3.8, 4) is 0 Å². The maximum atomic E-state index is 12.1. The van der Waals surface area contributed by atoms with E-state index in [0.717, 1.165) is 32.4 Å². The Morgan fingerprint density at radius 1 is 1.44 bits per heavy atom. The zero-order chi connectivity index (χ0) is 13.0. The SMILES string of the molecule is CC1CCN(C(=O)C(N)CCc2ccccc2)C1. The standard InChI is InChI=1S/C15H22N2O/c1-12-9-10-17(11-12)15(18)14(16)8-7-13-5-3-2-4-6-13/h2-6,12,14H,7-11,16H2,1H3. The zero-order valence-corrected chi connectivity index (χ0v) is 11.0. The second-order valence-electron chi connectivity index (χ2n) is 5.31. The number of benzene rings is 1. The number of likely N-dealkylation sites (tertiary alicyclic amines) is 1. The summed E-state index contributed by atoms with van der Waals surface area (Å²) in [5.74, 6) is 0.741. The molecular formula is C15H22N2O. The van der Waals surface area contributed by atoms with Gasteiger partial charge in [0.05, 0.1) is 6.04 Å². The average molecular weight is 246 g/mol. The third-order valence-electron chi connectivity index (χ3n) is 3.64. The summed E-state index contributed by atoms with van der Waals surface area (Å²) in [6, 6.07) is 9.84. The summed E-state index contributed by atoms with van der Waals surface area (Å²) in [6.45, 7) is 3.93. The predicted octanol–water partition coefficient (Wildman–Crippen LogP) is 1.81. The van der Waals surface area contributed by atoms with Gasteiger partial charge in [0.1, 0.15) is 0 Å². The lowest BCUT2D eigenvalue weighted by Crippen LogP contribution is -2.42. The summed E-state index contributed by atoms with van der Waals surface area (Å²) in [5.41, 5.74) is 7.24. The van der Waals surface area contributed by atoms with Crippen molar-refractivity contribution in [2.24, 2.45) is 11.7 Å². The van der Waals surface area contributed by atoms with Crippen LogP contribution in [-0.4, -0.2) is 29.9 Å². The van der Waals surface area contributed by atoms with Crippen molar-refractivity contribution in [2.45, 2.75) is 32.2 Å². The van der Waals surface area contributed by atoms with Crippen LogP contribution >= 0.6 is 0 Å². The Balaban J connectivity index is 1.81. The summed E-state index contributed by atoms with van der Waals surface area (Å²) >= 11 is 0. The van der Waals surface area contributed by atoms with Gasteiger partial charge in [0.25, 0.3) is 0 Å². The number of carbonyl (C=O) groups is 1. The fourth-order valence-electron chi connectivity index (χ4n) is 2.46. The lowest BCUT2D eigenvalue weighted by atomic mass is 10.1. The highest BCUT2D eigenvalue weighted by Crippen LogP contribution is 2.16. The molecule has 0 aromatic heterocycles. The van der Waals surface area contributed by atoms with E-state index in [9.17, 15) is 4.79 Å². The van der Waals surface area contributed by atoms with Crippen molar-refractivity contribution in [3.63, 3.8) is 0 Å². The first kappa shape index (κ1) is 13.1. The summed E-state index contributed by atoms with van der Waals surface area (Å²) in [5, 5.41) is 0. The van der Waals surface area contributed by atoms with E-state index < -0.39 is 0 Å². The van der Waals surface area contributed by atoms with Crippen LogP contribution < -0.4 is 5.73 Å². The van der Waals surface area contributed by atoms with Crippen LogP contribution in [0.15, 0.2) is 30.3 Å². The molecule has 1 saturated heterocycles. The van der Waals surface area contributed by atoms with E-state index in [1.165, 1.54) is 5.56 Å². The van der Waals surface area contributed by atoms with Crippen molar-refractivity contribution in [1.82, 2.24) is 4.90 Å². The van der Waals surface area contributed by atoms with Gasteiger partial charge in [-0.05, 0) is 30.7 Å². The fraction of sp³-hybridized carbons (Fsp3) is 0.533. The summed E-state index contributed by atoms with van der Waals surface area (Å²) in [7, 11) is 0. The topological polar surface area (TPSA) is 46.3 Å². The van der Waals surface area contributed by atoms with Crippen molar-refractivity contribution in [3.05, 3.63) is 35.9 Å². The molecule has 0 saturated carbocycles. The molecule has 0 aliphatic carbocycles. The molecule has 3 heteroatoms. The number of nitrogens with zero attached hydrogens (tertiary/aromatic N) is 1. The molecule has 2 unspecified atom stereocenters. The largest absolute Gasteiger partial charge is 0.341 e. The fourth-order valence-corrected chi connectivity index (χ4v) is 2.46. The molecule has 1 aliphatic rings. The van der Waals surface area contributed by atoms with Gasteiger partial charge in [-0.2, -0.15) is 0 Å². The molecule has 0 spiro atoms. The maximum Gasteiger partial charge on any atom is 0.239 e. The first-order chi connectivity index (χ1) is 8.66. The van der Waals surface area contributed by atoms with Gasteiger partial charge in [-0.3, -0.25) is 4.79 Å². The van der Waals surface area contributed by atoms with Crippen LogP contribution in [0, 0.1) is 5.92 Å². The highest BCUT2D eigenvalue weighted by molar-refractivity contribution is 5.81. The molecule has 1 aromatic carbocycles. The van der Waals surface area contributed by atoms with Crippen molar-refractivity contribution in [2.75, 3.05) is 13.1 Å². The van der Waals surface area contributed by atoms with Gasteiger partial charge in [0.15, 0.2) is 0 Å². The molecule has 18 heavy (non-hydrogen) atoms. The molecule has 2 atom stereocenters. The Morgan fingerprint density at radius 3 is 2.78 bits per heavy atom. The smallest absolute Gasteiger partial charge is 0.239 e. The van der Waals surface area contributed by atoms with E-state index in [1.54, 1.807) is 0 Å². The monoisotopic (exact) mass is 246 g/mol. The molecule has 98 valence electrons. The van der Waals surface area contributed by atoms with Gasteiger partial charge in [-0.15, -0.1) is 0 Å². The highest BCUT2D eigenvalue weighted by atomic mass is 16.2. The van der Waals surface area contributed by atoms with E-state index in [-0.39, 0.29) is 11.9 Å². The van der Waals surface area contributed by atoms with Crippen LogP contribution in [0.1, 0.15) is 25.3 Å². The molecule has 3 nitrogen and oxygen atoms in total. The van der Waals surface area contributed by atoms with Gasteiger partial charge in [0.2, 0.25) is 5.91 Å². The Bertz CT molecular complexity index is 391. The average Bonchev–Trinajstić information content (AvgIpc) is 2.83. The number of carbonyl (C=O) groups excluding carboxylic acids is 1. The second kappa shape index (κ2) is 6.01. The normalized spacial score (nSPS) is 21.0. The predicted molar refractivity (Wildman–Crippen MR) is 73.1 cm³/mol. The number of nitrogens with two attached hydrogens (primary N) is 1. The first-order valence-electron chi connectivity index (χ1n) is 6.75. The van der Waals surface area contributed by atoms with Crippen LogP contribution in [0.2, 0.25) is 0 Å². The van der Waals surface area contributed by atoms with Crippen LogP contribution in [-0.2, 0) is 11.2 Å². The van der Waals surface area contributed by atoms with E-state index in [2.05, 4.69) is 19.1 Å². The molecule has 1 amide bonds. The molecule has 1 aliphatic heterocycles. The molecule has 0 radical (unpaired) electrons. The minimum absolute atomic E-state index is 0.121. The summed E-state index contributed by atoms with van der Waals surface area (Å²) in [6.07, 6.45) is 2.71. The quantitative estimate of drug-likeness (QED) is 0.880. The Labute approximate surface area is 109 Å². The van der Waals surface area contributed by atoms with E-state index >= 15 is 0 Å². The number of hydrogen-bond donors (Lipinski definition) is 1. The molecule has 2 rings (SSSR count). The second-order valence-corrected chi connectivity index (χ2v) is 5.31. The number of aryl methyl sites for hydroxylation is 1. The van der Waals surface area contributed by atoms with E-state index in [1.807, 2.05) is 23.1 Å². The van der Waals surface area contributed by atoms with Gasteiger partial charge in [-0.1, -0.05) is 37.3 Å². The van der Waals surface area contributed by atoms with Crippen LogP contribution in [0.25, 0.3) is 0 Å². The van der Waals surface area contributed by atoms with Crippen molar-refractivity contribution >= 4 is 5.91 Å². The molecular weight excluding hydrogens is 224 g/mol. The zero-order valence-electron chi connectivity index (χ0n) is 11.0. The summed E-state index contributed by atoms with van der Waals surface area (Å²) < 4.78 is 0. The lowest BCUT2D eigenvalue weighted by Gasteiger charge is -2.20. The molecule has 2 N–H and O–H groups in total.